The van der Waals surface area contributed by atoms with Gasteiger partial charge in [0.1, 0.15) is 6.54 Å². The number of piperidine rings is 1. The second-order valence-corrected chi connectivity index (χ2v) is 10.5. The average Bonchev–Trinajstić information content (AvgIpc) is 2.76. The monoisotopic (exact) mass is 497 g/mol. The van der Waals surface area contributed by atoms with E-state index < -0.39 is 34.6 Å². The summed E-state index contributed by atoms with van der Waals surface area (Å²) in [5, 5.41) is 4.25. The van der Waals surface area contributed by atoms with Crippen LogP contribution in [0.2, 0.25) is 0 Å². The maximum absolute atomic E-state index is 13.2. The summed E-state index contributed by atoms with van der Waals surface area (Å²) in [6.45, 7) is 3.25. The normalized spacial score (nSPS) is 19.4. The standard InChI is InChI=1S/C23H26F3N3O4S/c1-15-10-16(2)13-29(12-15)34(32,33)18-7-5-6-17(11-18)21(30)28-20-9-4-3-8-19(20)22(31)27-14-23(24,25)26/h3-9,11,15-16H,10,12-14H2,1-2H3,(H,27,31)(H,28,30). The molecule has 1 aliphatic rings. The first-order valence-electron chi connectivity index (χ1n) is 10.7. The molecule has 0 saturated carbocycles. The Balaban J connectivity index is 1.80. The lowest BCUT2D eigenvalue weighted by Gasteiger charge is -2.34. The molecule has 0 bridgehead atoms. The van der Waals surface area contributed by atoms with Crippen LogP contribution in [-0.4, -0.2) is 50.3 Å². The summed E-state index contributed by atoms with van der Waals surface area (Å²) in [6.07, 6.45) is -3.64. The first-order chi connectivity index (χ1) is 15.9. The van der Waals surface area contributed by atoms with Gasteiger partial charge in [-0.2, -0.15) is 17.5 Å². The van der Waals surface area contributed by atoms with Crippen LogP contribution in [0.25, 0.3) is 0 Å². The molecule has 0 spiro atoms. The lowest BCUT2D eigenvalue weighted by molar-refractivity contribution is -0.123. The summed E-state index contributed by atoms with van der Waals surface area (Å²) in [5.74, 6) is -1.28. The predicted octanol–water partition coefficient (Wildman–Crippen LogP) is 3.90. The number of para-hydroxylation sites is 1. The van der Waals surface area contributed by atoms with Crippen LogP contribution in [-0.2, 0) is 10.0 Å². The highest BCUT2D eigenvalue weighted by molar-refractivity contribution is 7.89. The van der Waals surface area contributed by atoms with Crippen LogP contribution in [0.15, 0.2) is 53.4 Å². The molecule has 2 amide bonds. The molecule has 2 aromatic rings. The molecule has 0 radical (unpaired) electrons. The third-order valence-corrected chi connectivity index (χ3v) is 7.27. The molecular weight excluding hydrogens is 471 g/mol. The number of nitrogens with one attached hydrogen (secondary N) is 2. The van der Waals surface area contributed by atoms with Gasteiger partial charge in [0.25, 0.3) is 11.8 Å². The fraction of sp³-hybridized carbons (Fsp3) is 0.391. The van der Waals surface area contributed by atoms with Gasteiger partial charge in [0.05, 0.1) is 16.1 Å². The van der Waals surface area contributed by atoms with Crippen LogP contribution in [0.5, 0.6) is 0 Å². The van der Waals surface area contributed by atoms with E-state index in [1.54, 1.807) is 5.32 Å². The van der Waals surface area contributed by atoms with Crippen LogP contribution in [0.4, 0.5) is 18.9 Å². The molecule has 1 aliphatic heterocycles. The zero-order valence-electron chi connectivity index (χ0n) is 18.7. The highest BCUT2D eigenvalue weighted by Gasteiger charge is 2.32. The van der Waals surface area contributed by atoms with Gasteiger partial charge in [-0.15, -0.1) is 0 Å². The number of rotatable bonds is 6. The summed E-state index contributed by atoms with van der Waals surface area (Å²) >= 11 is 0. The van der Waals surface area contributed by atoms with Gasteiger partial charge in [-0.05, 0) is 48.6 Å². The van der Waals surface area contributed by atoms with Crippen molar-refractivity contribution in [3.8, 4) is 0 Å². The van der Waals surface area contributed by atoms with Crippen molar-refractivity contribution < 1.29 is 31.2 Å². The predicted molar refractivity (Wildman–Crippen MR) is 121 cm³/mol. The maximum Gasteiger partial charge on any atom is 0.405 e. The number of carbonyl (C=O) groups excluding carboxylic acids is 2. The Morgan fingerprint density at radius 1 is 1.00 bits per heavy atom. The fourth-order valence-corrected chi connectivity index (χ4v) is 5.74. The van der Waals surface area contributed by atoms with Crippen LogP contribution < -0.4 is 10.6 Å². The molecule has 3 rings (SSSR count). The van der Waals surface area contributed by atoms with E-state index in [9.17, 15) is 31.2 Å². The number of halogens is 3. The first kappa shape index (κ1) is 25.7. The fourth-order valence-electron chi connectivity index (χ4n) is 4.01. The summed E-state index contributed by atoms with van der Waals surface area (Å²) in [6, 6.07) is 11.1. The molecule has 11 heteroatoms. The minimum atomic E-state index is -4.58. The lowest BCUT2D eigenvalue weighted by Crippen LogP contribution is -2.42. The number of nitrogens with zero attached hydrogens (tertiary/aromatic N) is 1. The average molecular weight is 498 g/mol. The quantitative estimate of drug-likeness (QED) is 0.633. The number of amides is 2. The van der Waals surface area contributed by atoms with E-state index in [4.69, 9.17) is 0 Å². The van der Waals surface area contributed by atoms with Crippen molar-refractivity contribution in [2.24, 2.45) is 11.8 Å². The van der Waals surface area contributed by atoms with Gasteiger partial charge < -0.3 is 10.6 Å². The van der Waals surface area contributed by atoms with Gasteiger partial charge in [0.15, 0.2) is 0 Å². The highest BCUT2D eigenvalue weighted by atomic mass is 32.2. The molecule has 2 N–H and O–H groups in total. The van der Waals surface area contributed by atoms with Crippen LogP contribution >= 0.6 is 0 Å². The highest BCUT2D eigenvalue weighted by Crippen LogP contribution is 2.27. The summed E-state index contributed by atoms with van der Waals surface area (Å²) in [7, 11) is -3.82. The number of carbonyl (C=O) groups is 2. The Morgan fingerprint density at radius 3 is 2.29 bits per heavy atom. The zero-order chi connectivity index (χ0) is 25.1. The van der Waals surface area contributed by atoms with Crippen molar-refractivity contribution in [2.75, 3.05) is 25.0 Å². The molecule has 2 unspecified atom stereocenters. The second kappa shape index (κ2) is 10.1. The van der Waals surface area contributed by atoms with Crippen LogP contribution in [0.3, 0.4) is 0 Å². The van der Waals surface area contributed by atoms with Crippen molar-refractivity contribution in [3.63, 3.8) is 0 Å². The lowest BCUT2D eigenvalue weighted by atomic mass is 9.94. The van der Waals surface area contributed by atoms with Crippen molar-refractivity contribution in [3.05, 3.63) is 59.7 Å². The largest absolute Gasteiger partial charge is 0.405 e. The van der Waals surface area contributed by atoms with Crippen molar-refractivity contribution in [1.82, 2.24) is 9.62 Å². The van der Waals surface area contributed by atoms with Gasteiger partial charge in [-0.3, -0.25) is 9.59 Å². The van der Waals surface area contributed by atoms with Crippen molar-refractivity contribution in [2.45, 2.75) is 31.3 Å². The van der Waals surface area contributed by atoms with E-state index >= 15 is 0 Å². The van der Waals surface area contributed by atoms with Gasteiger partial charge in [-0.25, -0.2) is 8.42 Å². The zero-order valence-corrected chi connectivity index (χ0v) is 19.5. The Labute approximate surface area is 196 Å². The molecular formula is C23H26F3N3O4S. The SMILES string of the molecule is CC1CC(C)CN(S(=O)(=O)c2cccc(C(=O)Nc3ccccc3C(=O)NCC(F)(F)F)c2)C1. The van der Waals surface area contributed by atoms with E-state index in [1.165, 1.54) is 52.8 Å². The summed E-state index contributed by atoms with van der Waals surface area (Å²) in [4.78, 5) is 25.0. The van der Waals surface area contributed by atoms with Crippen molar-refractivity contribution in [1.29, 1.82) is 0 Å². The summed E-state index contributed by atoms with van der Waals surface area (Å²) < 4.78 is 65.0. The molecule has 7 nitrogen and oxygen atoms in total. The number of alkyl halides is 3. The Bertz CT molecular complexity index is 1160. The first-order valence-corrected chi connectivity index (χ1v) is 12.2. The van der Waals surface area contributed by atoms with Gasteiger partial charge in [0, 0.05) is 18.7 Å². The van der Waals surface area contributed by atoms with E-state index in [1.807, 2.05) is 13.8 Å². The Kier molecular flexibility index (Phi) is 7.67. The van der Waals surface area contributed by atoms with E-state index in [0.29, 0.717) is 13.1 Å². The van der Waals surface area contributed by atoms with Gasteiger partial charge in [-0.1, -0.05) is 32.0 Å². The number of hydrogen-bond donors (Lipinski definition) is 2. The van der Waals surface area contributed by atoms with E-state index in [-0.39, 0.29) is 33.5 Å². The molecule has 2 aromatic carbocycles. The molecule has 1 fully saturated rings. The third kappa shape index (κ3) is 6.35. The molecule has 1 saturated heterocycles. The second-order valence-electron chi connectivity index (χ2n) is 8.59. The summed E-state index contributed by atoms with van der Waals surface area (Å²) in [5.41, 5.74) is -0.121. The number of sulfonamides is 1. The Hall–Kier alpha value is -2.92. The molecule has 0 aliphatic carbocycles. The smallest absolute Gasteiger partial charge is 0.343 e. The molecule has 0 aromatic heterocycles. The topological polar surface area (TPSA) is 95.6 Å². The number of anilines is 1. The number of hydrogen-bond acceptors (Lipinski definition) is 4. The maximum atomic E-state index is 13.2. The van der Waals surface area contributed by atoms with Gasteiger partial charge >= 0.3 is 6.18 Å². The Morgan fingerprint density at radius 2 is 1.65 bits per heavy atom. The third-order valence-electron chi connectivity index (χ3n) is 5.44. The minimum absolute atomic E-state index is 0.000820. The van der Waals surface area contributed by atoms with Crippen LogP contribution in [0, 0.1) is 11.8 Å². The molecule has 34 heavy (non-hydrogen) atoms. The van der Waals surface area contributed by atoms with E-state index in [2.05, 4.69) is 5.32 Å². The molecule has 2 atom stereocenters. The van der Waals surface area contributed by atoms with Gasteiger partial charge in [0.2, 0.25) is 10.0 Å². The number of benzene rings is 2. The minimum Gasteiger partial charge on any atom is -0.343 e. The molecule has 1 heterocycles. The van der Waals surface area contributed by atoms with E-state index in [0.717, 1.165) is 6.42 Å². The molecule has 184 valence electrons. The van der Waals surface area contributed by atoms with Crippen molar-refractivity contribution >= 4 is 27.5 Å². The van der Waals surface area contributed by atoms with Crippen LogP contribution in [0.1, 0.15) is 41.0 Å².